The van der Waals surface area contributed by atoms with Crippen LogP contribution in [0.2, 0.25) is 5.02 Å². The maximum Gasteiger partial charge on any atom is 0.0420 e. The van der Waals surface area contributed by atoms with Gasteiger partial charge in [-0.2, -0.15) is 0 Å². The molecule has 1 aromatic heterocycles. The van der Waals surface area contributed by atoms with Gasteiger partial charge in [0.05, 0.1) is 0 Å². The fourth-order valence-corrected chi connectivity index (χ4v) is 4.38. The highest BCUT2D eigenvalue weighted by atomic mass is 79.9. The summed E-state index contributed by atoms with van der Waals surface area (Å²) in [6, 6.07) is 8.53. The van der Waals surface area contributed by atoms with Gasteiger partial charge in [-0.1, -0.05) is 34.5 Å². The lowest BCUT2D eigenvalue weighted by atomic mass is 10.0. The Labute approximate surface area is 139 Å². The maximum atomic E-state index is 6.14. The zero-order valence-corrected chi connectivity index (χ0v) is 15.2. The van der Waals surface area contributed by atoms with Crippen molar-refractivity contribution < 1.29 is 0 Å². The van der Waals surface area contributed by atoms with E-state index in [2.05, 4.69) is 61.6 Å². The van der Waals surface area contributed by atoms with Gasteiger partial charge in [-0.15, -0.1) is 11.3 Å². The summed E-state index contributed by atoms with van der Waals surface area (Å²) < 4.78 is 2.17. The number of halogens is 3. The van der Waals surface area contributed by atoms with E-state index in [1.54, 1.807) is 11.3 Å². The fraction of sp³-hybridized carbons (Fsp3) is 0.286. The molecule has 0 radical (unpaired) electrons. The summed E-state index contributed by atoms with van der Waals surface area (Å²) in [6.07, 6.45) is 0.969. The van der Waals surface area contributed by atoms with Crippen molar-refractivity contribution in [2.75, 3.05) is 6.54 Å². The second-order valence-corrected chi connectivity index (χ2v) is 7.51. The van der Waals surface area contributed by atoms with Crippen LogP contribution < -0.4 is 5.32 Å². The molecule has 0 saturated carbocycles. The Morgan fingerprint density at radius 3 is 2.58 bits per heavy atom. The predicted octanol–water partition coefficient (Wildman–Crippen LogP) is 5.82. The molecule has 1 aromatic carbocycles. The Hall–Kier alpha value is 0.130. The molecule has 2 rings (SSSR count). The third-order valence-corrected chi connectivity index (χ3v) is 5.16. The minimum atomic E-state index is 0.283. The molecule has 19 heavy (non-hydrogen) atoms. The van der Waals surface area contributed by atoms with E-state index in [9.17, 15) is 0 Å². The van der Waals surface area contributed by atoms with E-state index in [1.165, 1.54) is 10.4 Å². The van der Waals surface area contributed by atoms with Crippen molar-refractivity contribution in [1.82, 2.24) is 5.32 Å². The first-order chi connectivity index (χ1) is 9.08. The van der Waals surface area contributed by atoms with Crippen LogP contribution in [0.15, 0.2) is 38.6 Å². The van der Waals surface area contributed by atoms with Crippen molar-refractivity contribution in [3.05, 3.63) is 54.1 Å². The van der Waals surface area contributed by atoms with Crippen molar-refractivity contribution >= 4 is 54.8 Å². The third-order valence-electron chi connectivity index (χ3n) is 2.76. The van der Waals surface area contributed by atoms with Crippen molar-refractivity contribution in [2.24, 2.45) is 0 Å². The Kier molecular flexibility index (Phi) is 5.90. The summed E-state index contributed by atoms with van der Waals surface area (Å²) in [5, 5.41) is 6.40. The molecule has 0 saturated heterocycles. The number of likely N-dealkylation sites (N-methyl/N-ethyl adjacent to an activating group) is 1. The largest absolute Gasteiger partial charge is 0.310 e. The zero-order valence-electron chi connectivity index (χ0n) is 10.4. The quantitative estimate of drug-likeness (QED) is 0.639. The maximum absolute atomic E-state index is 6.14. The highest BCUT2D eigenvalue weighted by molar-refractivity contribution is 9.10. The third kappa shape index (κ3) is 4.57. The summed E-state index contributed by atoms with van der Waals surface area (Å²) in [5.74, 6) is 0. The second kappa shape index (κ2) is 7.23. The molecular formula is C14H14Br2ClNS. The van der Waals surface area contributed by atoms with Crippen LogP contribution >= 0.6 is 54.8 Å². The SMILES string of the molecule is CCNC(Cc1cc(Br)cs1)c1cc(Cl)cc(Br)c1. The Bertz CT molecular complexity index is 536. The lowest BCUT2D eigenvalue weighted by molar-refractivity contribution is 0.553. The number of nitrogens with one attached hydrogen (secondary N) is 1. The molecule has 1 nitrogen and oxygen atoms in total. The number of thiophene rings is 1. The number of rotatable bonds is 5. The number of hydrogen-bond donors (Lipinski definition) is 1. The van der Waals surface area contributed by atoms with Gasteiger partial charge in [0, 0.05) is 36.7 Å². The van der Waals surface area contributed by atoms with E-state index in [4.69, 9.17) is 11.6 Å². The molecule has 2 aromatic rings. The Balaban J connectivity index is 2.23. The summed E-state index contributed by atoms with van der Waals surface area (Å²) >= 11 is 14.9. The first-order valence-corrected chi connectivity index (χ1v) is 8.85. The highest BCUT2D eigenvalue weighted by Gasteiger charge is 2.13. The van der Waals surface area contributed by atoms with E-state index in [0.29, 0.717) is 0 Å². The zero-order chi connectivity index (χ0) is 13.8. The van der Waals surface area contributed by atoms with Crippen LogP contribution in [0.25, 0.3) is 0 Å². The van der Waals surface area contributed by atoms with Gasteiger partial charge < -0.3 is 5.32 Å². The lowest BCUT2D eigenvalue weighted by Crippen LogP contribution is -2.22. The molecule has 1 unspecified atom stereocenters. The van der Waals surface area contributed by atoms with Crippen molar-refractivity contribution in [3.8, 4) is 0 Å². The fourth-order valence-electron chi connectivity index (χ4n) is 1.99. The van der Waals surface area contributed by atoms with E-state index >= 15 is 0 Å². The average molecular weight is 424 g/mol. The number of hydrogen-bond acceptors (Lipinski definition) is 2. The summed E-state index contributed by atoms with van der Waals surface area (Å²) in [7, 11) is 0. The van der Waals surface area contributed by atoms with Crippen molar-refractivity contribution in [3.63, 3.8) is 0 Å². The normalized spacial score (nSPS) is 12.6. The van der Waals surface area contributed by atoms with Gasteiger partial charge in [-0.3, -0.25) is 0 Å². The Morgan fingerprint density at radius 1 is 1.21 bits per heavy atom. The molecule has 0 amide bonds. The molecule has 0 spiro atoms. The summed E-state index contributed by atoms with van der Waals surface area (Å²) in [5.41, 5.74) is 1.21. The van der Waals surface area contributed by atoms with Crippen LogP contribution in [0, 0.1) is 0 Å². The van der Waals surface area contributed by atoms with Gasteiger partial charge >= 0.3 is 0 Å². The summed E-state index contributed by atoms with van der Waals surface area (Å²) in [4.78, 5) is 1.36. The molecule has 5 heteroatoms. The van der Waals surface area contributed by atoms with E-state index in [1.807, 2.05) is 12.1 Å². The van der Waals surface area contributed by atoms with Crippen LogP contribution in [0.1, 0.15) is 23.4 Å². The lowest BCUT2D eigenvalue weighted by Gasteiger charge is -2.18. The highest BCUT2D eigenvalue weighted by Crippen LogP contribution is 2.29. The molecular weight excluding hydrogens is 409 g/mol. The molecule has 0 aliphatic heterocycles. The van der Waals surface area contributed by atoms with Gasteiger partial charge in [0.1, 0.15) is 0 Å². The van der Waals surface area contributed by atoms with Gasteiger partial charge in [0.15, 0.2) is 0 Å². The van der Waals surface area contributed by atoms with Gasteiger partial charge in [-0.05, 0) is 52.3 Å². The van der Waals surface area contributed by atoms with Crippen LogP contribution in [0.4, 0.5) is 0 Å². The standard InChI is InChI=1S/C14H14Br2ClNS/c1-2-18-14(7-13-6-11(16)8-19-13)9-3-10(15)5-12(17)4-9/h3-6,8,14,18H,2,7H2,1H3. The molecule has 1 atom stereocenters. The molecule has 0 aliphatic rings. The molecule has 0 fully saturated rings. The van der Waals surface area contributed by atoms with Crippen LogP contribution in [-0.4, -0.2) is 6.54 Å². The minimum Gasteiger partial charge on any atom is -0.310 e. The molecule has 1 heterocycles. The Morgan fingerprint density at radius 2 is 2.00 bits per heavy atom. The van der Waals surface area contributed by atoms with Crippen LogP contribution in [-0.2, 0) is 6.42 Å². The first-order valence-electron chi connectivity index (χ1n) is 6.00. The van der Waals surface area contributed by atoms with Crippen molar-refractivity contribution in [2.45, 2.75) is 19.4 Å². The van der Waals surface area contributed by atoms with Gasteiger partial charge in [0.25, 0.3) is 0 Å². The monoisotopic (exact) mass is 421 g/mol. The molecule has 1 N–H and O–H groups in total. The van der Waals surface area contributed by atoms with E-state index in [0.717, 1.165) is 26.9 Å². The second-order valence-electron chi connectivity index (χ2n) is 4.25. The van der Waals surface area contributed by atoms with Gasteiger partial charge in [0.2, 0.25) is 0 Å². The first kappa shape index (κ1) is 15.5. The predicted molar refractivity (Wildman–Crippen MR) is 91.3 cm³/mol. The number of benzene rings is 1. The van der Waals surface area contributed by atoms with E-state index < -0.39 is 0 Å². The van der Waals surface area contributed by atoms with Crippen molar-refractivity contribution in [1.29, 1.82) is 0 Å². The topological polar surface area (TPSA) is 12.0 Å². The summed E-state index contributed by atoms with van der Waals surface area (Å²) in [6.45, 7) is 3.05. The average Bonchev–Trinajstić information content (AvgIpc) is 2.73. The molecule has 0 bridgehead atoms. The minimum absolute atomic E-state index is 0.283. The van der Waals surface area contributed by atoms with Crippen LogP contribution in [0.5, 0.6) is 0 Å². The molecule has 0 aliphatic carbocycles. The molecule has 102 valence electrons. The van der Waals surface area contributed by atoms with E-state index in [-0.39, 0.29) is 6.04 Å². The van der Waals surface area contributed by atoms with Crippen LogP contribution in [0.3, 0.4) is 0 Å². The smallest absolute Gasteiger partial charge is 0.0420 e. The van der Waals surface area contributed by atoms with Gasteiger partial charge in [-0.25, -0.2) is 0 Å².